The summed E-state index contributed by atoms with van der Waals surface area (Å²) < 4.78 is 28.6. The third-order valence-electron chi connectivity index (χ3n) is 5.65. The van der Waals surface area contributed by atoms with Gasteiger partial charge >= 0.3 is 15.4 Å². The van der Waals surface area contributed by atoms with Gasteiger partial charge in [0.1, 0.15) is 11.5 Å². The van der Waals surface area contributed by atoms with Gasteiger partial charge in [0.25, 0.3) is 0 Å². The standard InChI is InChI=1S/C22H28N2O10P2/c1-3-24-18-12-19(26)17(11-16(18)13(2)22(24)14-7-9-15(25)10-8-14)23-20(27)5-4-6-21(35(28,29)30)34-36(31,32)33/h7-12,21,25-26H,3-6H2,1-2H3,(H,23,27)(H2,28,29,30)(H2,31,32,33). The molecule has 0 radical (unpaired) electrons. The van der Waals surface area contributed by atoms with E-state index in [0.717, 1.165) is 27.7 Å². The molecule has 0 spiro atoms. The average Bonchev–Trinajstić information content (AvgIpc) is 3.03. The zero-order valence-corrected chi connectivity index (χ0v) is 21.3. The second-order valence-corrected chi connectivity index (χ2v) is 11.2. The maximum atomic E-state index is 12.4. The summed E-state index contributed by atoms with van der Waals surface area (Å²) in [6.07, 6.45) is -0.852. The van der Waals surface area contributed by atoms with Crippen molar-refractivity contribution in [2.75, 3.05) is 5.32 Å². The molecule has 3 rings (SSSR count). The van der Waals surface area contributed by atoms with Crippen LogP contribution in [0.1, 0.15) is 31.7 Å². The zero-order valence-electron chi connectivity index (χ0n) is 19.5. The van der Waals surface area contributed by atoms with E-state index in [-0.39, 0.29) is 30.0 Å². The van der Waals surface area contributed by atoms with E-state index in [1.54, 1.807) is 30.3 Å². The van der Waals surface area contributed by atoms with E-state index in [2.05, 4.69) is 9.84 Å². The fraction of sp³-hybridized carbons (Fsp3) is 0.318. The van der Waals surface area contributed by atoms with Crippen molar-refractivity contribution >= 4 is 37.9 Å². The van der Waals surface area contributed by atoms with Crippen molar-refractivity contribution in [3.05, 3.63) is 42.0 Å². The molecule has 0 bridgehead atoms. The minimum Gasteiger partial charge on any atom is -0.508 e. The number of rotatable bonds is 10. The molecule has 0 fully saturated rings. The first-order valence-corrected chi connectivity index (χ1v) is 14.2. The summed E-state index contributed by atoms with van der Waals surface area (Å²) in [6.45, 7) is 4.46. The molecule has 0 aliphatic carbocycles. The smallest absolute Gasteiger partial charge is 0.470 e. The van der Waals surface area contributed by atoms with E-state index in [9.17, 15) is 33.9 Å². The van der Waals surface area contributed by atoms with Gasteiger partial charge in [-0.1, -0.05) is 0 Å². The molecule has 1 atom stereocenters. The predicted molar refractivity (Wildman–Crippen MR) is 133 cm³/mol. The summed E-state index contributed by atoms with van der Waals surface area (Å²) in [4.78, 5) is 48.6. The Morgan fingerprint density at radius 1 is 1.08 bits per heavy atom. The molecular formula is C22H28N2O10P2. The maximum Gasteiger partial charge on any atom is 0.470 e. The van der Waals surface area contributed by atoms with Crippen LogP contribution in [0, 0.1) is 6.92 Å². The Labute approximate surface area is 206 Å². The van der Waals surface area contributed by atoms with E-state index >= 15 is 0 Å². The highest BCUT2D eigenvalue weighted by molar-refractivity contribution is 7.53. The van der Waals surface area contributed by atoms with Crippen LogP contribution in [0.4, 0.5) is 5.69 Å². The number of amides is 1. The van der Waals surface area contributed by atoms with Crippen molar-refractivity contribution in [1.29, 1.82) is 0 Å². The van der Waals surface area contributed by atoms with Gasteiger partial charge in [0, 0.05) is 24.4 Å². The fourth-order valence-electron chi connectivity index (χ4n) is 4.06. The summed E-state index contributed by atoms with van der Waals surface area (Å²) in [5, 5.41) is 23.5. The van der Waals surface area contributed by atoms with Crippen LogP contribution in [0.25, 0.3) is 22.2 Å². The fourth-order valence-corrected chi connectivity index (χ4v) is 5.86. The number of benzene rings is 2. The van der Waals surface area contributed by atoms with Gasteiger partial charge in [-0.15, -0.1) is 0 Å². The lowest BCUT2D eigenvalue weighted by Crippen LogP contribution is -2.15. The van der Waals surface area contributed by atoms with E-state index in [0.29, 0.717) is 6.54 Å². The Bertz CT molecular complexity index is 1360. The number of phosphoric ester groups is 1. The summed E-state index contributed by atoms with van der Waals surface area (Å²) >= 11 is 0. The SMILES string of the molecule is CCn1c(-c2ccc(O)cc2)c(C)c2cc(NC(=O)CCCC(OP(=O)(O)O)P(=O)(O)O)c(O)cc21. The van der Waals surface area contributed by atoms with E-state index in [1.165, 1.54) is 6.07 Å². The predicted octanol–water partition coefficient (Wildman–Crippen LogP) is 3.77. The number of aromatic hydroxyl groups is 2. The quantitative estimate of drug-likeness (QED) is 0.146. The van der Waals surface area contributed by atoms with Gasteiger partial charge in [-0.3, -0.25) is 13.9 Å². The number of phosphoric acid groups is 1. The summed E-state index contributed by atoms with van der Waals surface area (Å²) in [6, 6.07) is 9.89. The topological polar surface area (TPSA) is 199 Å². The monoisotopic (exact) mass is 542 g/mol. The molecule has 1 heterocycles. The molecule has 7 N–H and O–H groups in total. The molecule has 12 nitrogen and oxygen atoms in total. The Kier molecular flexibility index (Phi) is 8.32. The van der Waals surface area contributed by atoms with Gasteiger partial charge in [0.15, 0.2) is 5.85 Å². The van der Waals surface area contributed by atoms with Gasteiger partial charge in [0.2, 0.25) is 5.91 Å². The highest BCUT2D eigenvalue weighted by Gasteiger charge is 2.35. The van der Waals surface area contributed by atoms with Gasteiger partial charge in [-0.2, -0.15) is 0 Å². The Balaban J connectivity index is 1.80. The Morgan fingerprint density at radius 2 is 1.72 bits per heavy atom. The first-order chi connectivity index (χ1) is 16.7. The minimum atomic E-state index is -5.14. The normalized spacial score (nSPS) is 13.2. The molecule has 1 unspecified atom stereocenters. The van der Waals surface area contributed by atoms with Crippen molar-refractivity contribution in [3.8, 4) is 22.8 Å². The molecule has 1 amide bonds. The maximum absolute atomic E-state index is 12.4. The molecule has 36 heavy (non-hydrogen) atoms. The number of nitrogens with one attached hydrogen (secondary N) is 1. The van der Waals surface area contributed by atoms with Crippen LogP contribution in [-0.4, -0.2) is 46.1 Å². The largest absolute Gasteiger partial charge is 0.508 e. The van der Waals surface area contributed by atoms with Crippen LogP contribution in [0.15, 0.2) is 36.4 Å². The van der Waals surface area contributed by atoms with E-state index < -0.39 is 33.6 Å². The van der Waals surface area contributed by atoms with Crippen molar-refractivity contribution in [3.63, 3.8) is 0 Å². The second-order valence-electron chi connectivity index (χ2n) is 8.23. The number of aryl methyl sites for hydroxylation is 2. The van der Waals surface area contributed by atoms with Crippen molar-refractivity contribution < 1.29 is 48.2 Å². The molecule has 2 aromatic carbocycles. The number of phenols is 2. The van der Waals surface area contributed by atoms with Crippen LogP contribution in [0.5, 0.6) is 11.5 Å². The van der Waals surface area contributed by atoms with Crippen LogP contribution >= 0.6 is 15.4 Å². The molecule has 1 aromatic heterocycles. The average molecular weight is 542 g/mol. The van der Waals surface area contributed by atoms with E-state index in [1.807, 2.05) is 18.4 Å². The Hall–Kier alpha value is -2.69. The minimum absolute atomic E-state index is 0.138. The molecule has 196 valence electrons. The number of anilines is 1. The van der Waals surface area contributed by atoms with Crippen LogP contribution in [0.3, 0.4) is 0 Å². The van der Waals surface area contributed by atoms with Crippen molar-refractivity contribution in [2.24, 2.45) is 0 Å². The first-order valence-electron chi connectivity index (χ1n) is 11.0. The van der Waals surface area contributed by atoms with Gasteiger partial charge < -0.3 is 39.7 Å². The molecule has 0 saturated carbocycles. The first kappa shape index (κ1) is 27.9. The number of carbonyl (C=O) groups excluding carboxylic acids is 1. The number of phenolic OH excluding ortho intramolecular Hbond substituents is 2. The third-order valence-corrected chi connectivity index (χ3v) is 7.46. The second kappa shape index (κ2) is 10.7. The third kappa shape index (κ3) is 6.54. The highest BCUT2D eigenvalue weighted by Crippen LogP contribution is 2.52. The van der Waals surface area contributed by atoms with E-state index in [4.69, 9.17) is 9.79 Å². The Morgan fingerprint density at radius 3 is 2.28 bits per heavy atom. The van der Waals surface area contributed by atoms with Crippen LogP contribution in [-0.2, 0) is 25.0 Å². The molecule has 14 heteroatoms. The lowest BCUT2D eigenvalue weighted by Gasteiger charge is -2.19. The summed E-state index contributed by atoms with van der Waals surface area (Å²) in [5.41, 5.74) is 3.54. The molecule has 0 aliphatic rings. The van der Waals surface area contributed by atoms with Crippen LogP contribution in [0.2, 0.25) is 0 Å². The molecule has 0 aliphatic heterocycles. The number of nitrogens with zero attached hydrogens (tertiary/aromatic N) is 1. The number of hydrogen-bond donors (Lipinski definition) is 7. The number of carbonyl (C=O) groups is 1. The lowest BCUT2D eigenvalue weighted by molar-refractivity contribution is -0.116. The number of aromatic nitrogens is 1. The highest BCUT2D eigenvalue weighted by atomic mass is 31.2. The van der Waals surface area contributed by atoms with Crippen molar-refractivity contribution in [1.82, 2.24) is 4.57 Å². The molecule has 0 saturated heterocycles. The van der Waals surface area contributed by atoms with Gasteiger partial charge in [0.05, 0.1) is 16.9 Å². The summed E-state index contributed by atoms with van der Waals surface area (Å²) in [5.74, 6) is -2.67. The summed E-state index contributed by atoms with van der Waals surface area (Å²) in [7, 11) is -10.1. The zero-order chi connectivity index (χ0) is 26.8. The molecular weight excluding hydrogens is 514 g/mol. The van der Waals surface area contributed by atoms with Crippen LogP contribution < -0.4 is 5.32 Å². The van der Waals surface area contributed by atoms with Crippen molar-refractivity contribution in [2.45, 2.75) is 45.5 Å². The van der Waals surface area contributed by atoms with Gasteiger partial charge in [-0.25, -0.2) is 4.57 Å². The number of hydrogen-bond acceptors (Lipinski definition) is 6. The number of fused-ring (bicyclic) bond motifs is 1. The molecule has 3 aromatic rings. The lowest BCUT2D eigenvalue weighted by atomic mass is 10.1. The van der Waals surface area contributed by atoms with Gasteiger partial charge in [-0.05, 0) is 68.1 Å².